The van der Waals surface area contributed by atoms with Crippen LogP contribution in [0, 0.1) is 12.3 Å². The van der Waals surface area contributed by atoms with Gasteiger partial charge in [-0.2, -0.15) is 11.8 Å². The summed E-state index contributed by atoms with van der Waals surface area (Å²) in [5, 5.41) is 4.06. The lowest BCUT2D eigenvalue weighted by molar-refractivity contribution is 0.621. The molecule has 1 aliphatic rings. The molecule has 0 saturated carbocycles. The van der Waals surface area contributed by atoms with Crippen LogP contribution in [0.3, 0.4) is 0 Å². The lowest BCUT2D eigenvalue weighted by Crippen LogP contribution is -2.26. The summed E-state index contributed by atoms with van der Waals surface area (Å²) in [5.41, 5.74) is 0. The van der Waals surface area contributed by atoms with Crippen LogP contribution >= 0.6 is 11.8 Å². The van der Waals surface area contributed by atoms with Crippen molar-refractivity contribution in [3.63, 3.8) is 0 Å². The van der Waals surface area contributed by atoms with E-state index in [4.69, 9.17) is 6.42 Å². The first kappa shape index (κ1) is 8.96. The first-order chi connectivity index (χ1) is 5.43. The molecule has 1 rings (SSSR count). The summed E-state index contributed by atoms with van der Waals surface area (Å²) < 4.78 is 0. The Labute approximate surface area is 73.3 Å². The Morgan fingerprint density at radius 1 is 1.55 bits per heavy atom. The Kier molecular flexibility index (Phi) is 4.49. The number of thioether (sulfide) groups is 1. The maximum atomic E-state index is 5.12. The van der Waals surface area contributed by atoms with E-state index in [9.17, 15) is 0 Å². The third-order valence-electron chi connectivity index (χ3n) is 1.87. The Hall–Kier alpha value is -0.130. The van der Waals surface area contributed by atoms with E-state index in [0.717, 1.165) is 18.3 Å². The Morgan fingerprint density at radius 3 is 3.09 bits per heavy atom. The van der Waals surface area contributed by atoms with Crippen LogP contribution in [0.15, 0.2) is 0 Å². The van der Waals surface area contributed by atoms with E-state index in [2.05, 4.69) is 23.0 Å². The number of rotatable bonds is 3. The van der Waals surface area contributed by atoms with Gasteiger partial charge in [0, 0.05) is 11.8 Å². The van der Waals surface area contributed by atoms with E-state index in [-0.39, 0.29) is 0 Å². The molecule has 0 aliphatic carbocycles. The summed E-state index contributed by atoms with van der Waals surface area (Å²) in [6, 6.07) is 0. The molecule has 1 N–H and O–H groups in total. The van der Waals surface area contributed by atoms with Crippen molar-refractivity contribution in [3.8, 4) is 12.3 Å². The lowest BCUT2D eigenvalue weighted by atomic mass is 10.2. The van der Waals surface area contributed by atoms with Crippen molar-refractivity contribution in [2.75, 3.05) is 18.8 Å². The predicted molar refractivity (Wildman–Crippen MR) is 51.8 cm³/mol. The fraction of sp³-hybridized carbons (Fsp3) is 0.778. The molecule has 0 aromatic heterocycles. The molecule has 11 heavy (non-hydrogen) atoms. The minimum Gasteiger partial charge on any atom is -0.305 e. The second-order valence-electron chi connectivity index (χ2n) is 2.82. The smallest absolute Gasteiger partial charge is 0.0574 e. The van der Waals surface area contributed by atoms with Crippen LogP contribution in [-0.4, -0.2) is 24.1 Å². The molecule has 1 aliphatic heterocycles. The molecule has 1 nitrogen and oxygen atoms in total. The zero-order chi connectivity index (χ0) is 7.94. The summed E-state index contributed by atoms with van der Waals surface area (Å²) in [5.74, 6) is 3.92. The van der Waals surface area contributed by atoms with Crippen LogP contribution < -0.4 is 5.32 Å². The van der Waals surface area contributed by atoms with Gasteiger partial charge in [0.2, 0.25) is 0 Å². The summed E-state index contributed by atoms with van der Waals surface area (Å²) in [6.07, 6.45) is 9.29. The molecule has 0 aromatic rings. The fourth-order valence-corrected chi connectivity index (χ4v) is 2.55. The number of hydrogen-bond donors (Lipinski definition) is 1. The van der Waals surface area contributed by atoms with Crippen molar-refractivity contribution in [2.45, 2.75) is 24.5 Å². The Balaban J connectivity index is 2.01. The summed E-state index contributed by atoms with van der Waals surface area (Å²) in [6.45, 7) is 1.81. The van der Waals surface area contributed by atoms with Crippen LogP contribution in [0.5, 0.6) is 0 Å². The van der Waals surface area contributed by atoms with Crippen molar-refractivity contribution in [2.24, 2.45) is 0 Å². The van der Waals surface area contributed by atoms with Crippen LogP contribution in [0.25, 0.3) is 0 Å². The van der Waals surface area contributed by atoms with Gasteiger partial charge in [0.25, 0.3) is 0 Å². The molecular formula is C9H15NS. The average molecular weight is 169 g/mol. The van der Waals surface area contributed by atoms with Crippen LogP contribution in [0.1, 0.15) is 19.3 Å². The molecule has 0 amide bonds. The van der Waals surface area contributed by atoms with E-state index in [0.29, 0.717) is 0 Å². The van der Waals surface area contributed by atoms with Crippen LogP contribution in [0.4, 0.5) is 0 Å². The van der Waals surface area contributed by atoms with Gasteiger partial charge in [-0.3, -0.25) is 0 Å². The van der Waals surface area contributed by atoms with Gasteiger partial charge in [0.05, 0.1) is 6.54 Å². The average Bonchev–Trinajstić information content (AvgIpc) is 2.07. The first-order valence-electron chi connectivity index (χ1n) is 4.19. The topological polar surface area (TPSA) is 12.0 Å². The zero-order valence-corrected chi connectivity index (χ0v) is 7.62. The second kappa shape index (κ2) is 5.51. The second-order valence-corrected chi connectivity index (χ2v) is 4.23. The van der Waals surface area contributed by atoms with Gasteiger partial charge in [-0.05, 0) is 18.6 Å². The van der Waals surface area contributed by atoms with Crippen molar-refractivity contribution < 1.29 is 0 Å². The molecule has 1 unspecified atom stereocenters. The van der Waals surface area contributed by atoms with E-state index >= 15 is 0 Å². The lowest BCUT2D eigenvalue weighted by Gasteiger charge is -2.20. The summed E-state index contributed by atoms with van der Waals surface area (Å²) in [4.78, 5) is 0. The minimum atomic E-state index is 0.719. The van der Waals surface area contributed by atoms with Crippen molar-refractivity contribution in [1.29, 1.82) is 0 Å². The molecule has 1 heterocycles. The van der Waals surface area contributed by atoms with Gasteiger partial charge < -0.3 is 5.32 Å². The maximum Gasteiger partial charge on any atom is 0.0574 e. The zero-order valence-electron chi connectivity index (χ0n) is 6.81. The highest BCUT2D eigenvalue weighted by Crippen LogP contribution is 2.23. The van der Waals surface area contributed by atoms with Crippen LogP contribution in [0.2, 0.25) is 0 Å². The van der Waals surface area contributed by atoms with Crippen molar-refractivity contribution in [3.05, 3.63) is 0 Å². The standard InChI is InChI=1S/C9H15NS/c1-2-6-10-8-9-5-3-4-7-11-9/h1,9-10H,3-8H2. The van der Waals surface area contributed by atoms with Gasteiger partial charge in [-0.25, -0.2) is 0 Å². The fourth-order valence-electron chi connectivity index (χ4n) is 1.27. The third kappa shape index (κ3) is 3.69. The van der Waals surface area contributed by atoms with E-state index in [1.807, 2.05) is 0 Å². The van der Waals surface area contributed by atoms with E-state index in [1.165, 1.54) is 25.0 Å². The van der Waals surface area contributed by atoms with Gasteiger partial charge in [0.1, 0.15) is 0 Å². The first-order valence-corrected chi connectivity index (χ1v) is 5.24. The van der Waals surface area contributed by atoms with Crippen molar-refractivity contribution in [1.82, 2.24) is 5.32 Å². The molecule has 2 heteroatoms. The number of terminal acetylenes is 1. The van der Waals surface area contributed by atoms with E-state index < -0.39 is 0 Å². The molecule has 0 spiro atoms. The number of nitrogens with one attached hydrogen (secondary N) is 1. The Morgan fingerprint density at radius 2 is 2.45 bits per heavy atom. The maximum absolute atomic E-state index is 5.12. The largest absolute Gasteiger partial charge is 0.305 e. The highest BCUT2D eigenvalue weighted by molar-refractivity contribution is 7.99. The summed E-state index contributed by atoms with van der Waals surface area (Å²) >= 11 is 2.08. The van der Waals surface area contributed by atoms with Crippen LogP contribution in [-0.2, 0) is 0 Å². The molecule has 0 radical (unpaired) electrons. The number of hydrogen-bond acceptors (Lipinski definition) is 2. The van der Waals surface area contributed by atoms with Gasteiger partial charge in [-0.1, -0.05) is 12.3 Å². The molecule has 62 valence electrons. The predicted octanol–water partition coefficient (Wildman–Crippen LogP) is 1.49. The summed E-state index contributed by atoms with van der Waals surface area (Å²) in [7, 11) is 0. The molecule has 0 bridgehead atoms. The SMILES string of the molecule is C#CCNCC1CCCCS1. The monoisotopic (exact) mass is 169 g/mol. The molecule has 1 saturated heterocycles. The quantitative estimate of drug-likeness (QED) is 0.507. The van der Waals surface area contributed by atoms with E-state index in [1.54, 1.807) is 0 Å². The Bertz CT molecular complexity index is 133. The highest BCUT2D eigenvalue weighted by atomic mass is 32.2. The van der Waals surface area contributed by atoms with Gasteiger partial charge in [0.15, 0.2) is 0 Å². The normalized spacial score (nSPS) is 24.5. The van der Waals surface area contributed by atoms with Gasteiger partial charge in [-0.15, -0.1) is 6.42 Å². The molecule has 1 atom stereocenters. The molecule has 0 aromatic carbocycles. The van der Waals surface area contributed by atoms with Crippen molar-refractivity contribution >= 4 is 11.8 Å². The molecular weight excluding hydrogens is 154 g/mol. The third-order valence-corrected chi connectivity index (χ3v) is 3.27. The molecule has 1 fully saturated rings. The van der Waals surface area contributed by atoms with Gasteiger partial charge >= 0.3 is 0 Å². The highest BCUT2D eigenvalue weighted by Gasteiger charge is 2.12. The minimum absolute atomic E-state index is 0.719.